The van der Waals surface area contributed by atoms with E-state index in [1.54, 1.807) is 6.92 Å². The SMILES string of the molecule is CCCC(C)(NC(=O)c1cc([N+](=O)[O-])ccc1I)C(=O)OC. The maximum absolute atomic E-state index is 12.4. The number of amides is 1. The van der Waals surface area contributed by atoms with Gasteiger partial charge in [0.15, 0.2) is 0 Å². The van der Waals surface area contributed by atoms with Crippen molar-refractivity contribution >= 4 is 40.2 Å². The number of esters is 1. The van der Waals surface area contributed by atoms with Gasteiger partial charge in [0.25, 0.3) is 11.6 Å². The van der Waals surface area contributed by atoms with Gasteiger partial charge in [-0.3, -0.25) is 14.9 Å². The Morgan fingerprint density at radius 3 is 2.59 bits per heavy atom. The summed E-state index contributed by atoms with van der Waals surface area (Å²) in [6.45, 7) is 3.45. The van der Waals surface area contributed by atoms with E-state index in [1.807, 2.05) is 29.5 Å². The monoisotopic (exact) mass is 420 g/mol. The Hall–Kier alpha value is -1.71. The van der Waals surface area contributed by atoms with Crippen molar-refractivity contribution in [2.45, 2.75) is 32.2 Å². The first-order valence-electron chi connectivity index (χ1n) is 6.60. The highest BCUT2D eigenvalue weighted by atomic mass is 127. The van der Waals surface area contributed by atoms with Gasteiger partial charge in [-0.2, -0.15) is 0 Å². The second kappa shape index (κ2) is 7.52. The molecule has 0 aliphatic heterocycles. The molecule has 0 radical (unpaired) electrons. The van der Waals surface area contributed by atoms with Gasteiger partial charge in [0, 0.05) is 15.7 Å². The van der Waals surface area contributed by atoms with Gasteiger partial charge in [-0.1, -0.05) is 13.3 Å². The minimum Gasteiger partial charge on any atom is -0.467 e. The zero-order chi connectivity index (χ0) is 16.9. The Morgan fingerprint density at radius 2 is 2.09 bits per heavy atom. The van der Waals surface area contributed by atoms with E-state index in [2.05, 4.69) is 5.32 Å². The predicted octanol–water partition coefficient (Wildman–Crippen LogP) is 2.66. The zero-order valence-corrected chi connectivity index (χ0v) is 14.7. The molecular formula is C14H17IN2O5. The first kappa shape index (κ1) is 18.3. The normalized spacial score (nSPS) is 13.1. The third-order valence-electron chi connectivity index (χ3n) is 3.18. The molecule has 22 heavy (non-hydrogen) atoms. The molecule has 1 aromatic rings. The van der Waals surface area contributed by atoms with Crippen molar-refractivity contribution in [1.82, 2.24) is 5.32 Å². The van der Waals surface area contributed by atoms with E-state index in [0.29, 0.717) is 16.4 Å². The van der Waals surface area contributed by atoms with Crippen LogP contribution in [0.15, 0.2) is 18.2 Å². The number of carbonyl (C=O) groups is 2. The quantitative estimate of drug-likeness (QED) is 0.330. The largest absolute Gasteiger partial charge is 0.467 e. The van der Waals surface area contributed by atoms with Gasteiger partial charge in [-0.05, 0) is 42.0 Å². The van der Waals surface area contributed by atoms with E-state index in [9.17, 15) is 19.7 Å². The molecule has 7 nitrogen and oxygen atoms in total. The number of nitrogens with one attached hydrogen (secondary N) is 1. The summed E-state index contributed by atoms with van der Waals surface area (Å²) in [5, 5.41) is 13.5. The molecule has 0 saturated heterocycles. The van der Waals surface area contributed by atoms with Crippen molar-refractivity contribution in [3.05, 3.63) is 37.4 Å². The van der Waals surface area contributed by atoms with Crippen molar-refractivity contribution in [2.24, 2.45) is 0 Å². The Morgan fingerprint density at radius 1 is 1.45 bits per heavy atom. The Bertz CT molecular complexity index is 605. The first-order valence-corrected chi connectivity index (χ1v) is 7.68. The van der Waals surface area contributed by atoms with Gasteiger partial charge in [-0.25, -0.2) is 4.79 Å². The third-order valence-corrected chi connectivity index (χ3v) is 4.12. The van der Waals surface area contributed by atoms with E-state index in [1.165, 1.54) is 25.3 Å². The van der Waals surface area contributed by atoms with Gasteiger partial charge in [-0.15, -0.1) is 0 Å². The highest BCUT2D eigenvalue weighted by Gasteiger charge is 2.35. The van der Waals surface area contributed by atoms with Crippen LogP contribution in [0.2, 0.25) is 0 Å². The number of hydrogen-bond acceptors (Lipinski definition) is 5. The fraction of sp³-hybridized carbons (Fsp3) is 0.429. The fourth-order valence-corrected chi connectivity index (χ4v) is 2.64. The van der Waals surface area contributed by atoms with Crippen LogP contribution in [0.25, 0.3) is 0 Å². The number of rotatable bonds is 6. The maximum atomic E-state index is 12.4. The van der Waals surface area contributed by atoms with Crippen LogP contribution in [0.4, 0.5) is 5.69 Å². The summed E-state index contributed by atoms with van der Waals surface area (Å²) in [5.74, 6) is -1.10. The van der Waals surface area contributed by atoms with E-state index in [0.717, 1.165) is 0 Å². The fourth-order valence-electron chi connectivity index (χ4n) is 2.06. The van der Waals surface area contributed by atoms with E-state index >= 15 is 0 Å². The molecule has 0 aliphatic carbocycles. The van der Waals surface area contributed by atoms with Crippen LogP contribution in [-0.4, -0.2) is 29.4 Å². The standard InChI is InChI=1S/C14H17IN2O5/c1-4-7-14(2,13(19)22-3)16-12(18)10-8-9(17(20)21)5-6-11(10)15/h5-6,8H,4,7H2,1-3H3,(H,16,18). The molecular weight excluding hydrogens is 403 g/mol. The summed E-state index contributed by atoms with van der Waals surface area (Å²) in [6, 6.07) is 4.01. The topological polar surface area (TPSA) is 98.5 Å². The van der Waals surface area contributed by atoms with Gasteiger partial charge in [0.05, 0.1) is 17.6 Å². The lowest BCUT2D eigenvalue weighted by atomic mass is 9.95. The minimum atomic E-state index is -1.17. The van der Waals surface area contributed by atoms with Gasteiger partial charge in [0.2, 0.25) is 0 Å². The molecule has 1 amide bonds. The molecule has 1 unspecified atom stereocenters. The smallest absolute Gasteiger partial charge is 0.331 e. The maximum Gasteiger partial charge on any atom is 0.331 e. The highest BCUT2D eigenvalue weighted by molar-refractivity contribution is 14.1. The number of nitro groups is 1. The molecule has 0 saturated carbocycles. The minimum absolute atomic E-state index is 0.154. The van der Waals surface area contributed by atoms with Crippen molar-refractivity contribution in [3.63, 3.8) is 0 Å². The van der Waals surface area contributed by atoms with E-state index < -0.39 is 22.3 Å². The van der Waals surface area contributed by atoms with E-state index in [-0.39, 0.29) is 11.3 Å². The van der Waals surface area contributed by atoms with Crippen LogP contribution in [-0.2, 0) is 9.53 Å². The third kappa shape index (κ3) is 4.15. The number of hydrogen-bond donors (Lipinski definition) is 1. The summed E-state index contributed by atoms with van der Waals surface area (Å²) < 4.78 is 5.29. The van der Waals surface area contributed by atoms with Crippen LogP contribution < -0.4 is 5.32 Å². The predicted molar refractivity (Wildman–Crippen MR) is 88.6 cm³/mol. The first-order chi connectivity index (χ1) is 10.2. The summed E-state index contributed by atoms with van der Waals surface area (Å²) in [5.41, 5.74) is -1.20. The molecule has 0 aliphatic rings. The molecule has 1 aromatic carbocycles. The zero-order valence-electron chi connectivity index (χ0n) is 12.5. The van der Waals surface area contributed by atoms with Crippen molar-refractivity contribution in [3.8, 4) is 0 Å². The molecule has 0 heterocycles. The lowest BCUT2D eigenvalue weighted by Crippen LogP contribution is -2.52. The van der Waals surface area contributed by atoms with Gasteiger partial charge >= 0.3 is 5.97 Å². The summed E-state index contributed by atoms with van der Waals surface area (Å²) in [4.78, 5) is 34.6. The van der Waals surface area contributed by atoms with Crippen LogP contribution in [0.5, 0.6) is 0 Å². The molecule has 0 bridgehead atoms. The number of halogens is 1. The molecule has 0 aromatic heterocycles. The second-order valence-electron chi connectivity index (χ2n) is 4.95. The lowest BCUT2D eigenvalue weighted by molar-refractivity contribution is -0.384. The Kier molecular flexibility index (Phi) is 6.27. The number of methoxy groups -OCH3 is 1. The average molecular weight is 420 g/mol. The molecule has 1 rings (SSSR count). The van der Waals surface area contributed by atoms with Gasteiger partial charge < -0.3 is 10.1 Å². The molecule has 0 fully saturated rings. The molecule has 1 N–H and O–H groups in total. The van der Waals surface area contributed by atoms with E-state index in [4.69, 9.17) is 4.74 Å². The van der Waals surface area contributed by atoms with Crippen LogP contribution in [0.3, 0.4) is 0 Å². The van der Waals surface area contributed by atoms with Crippen molar-refractivity contribution < 1.29 is 19.2 Å². The van der Waals surface area contributed by atoms with Crippen molar-refractivity contribution in [1.29, 1.82) is 0 Å². The number of nitro benzene ring substituents is 1. The number of ether oxygens (including phenoxy) is 1. The van der Waals surface area contributed by atoms with Crippen LogP contribution >= 0.6 is 22.6 Å². The van der Waals surface area contributed by atoms with Crippen LogP contribution in [0.1, 0.15) is 37.0 Å². The Labute approximate surface area is 141 Å². The molecule has 0 spiro atoms. The summed E-state index contributed by atoms with van der Waals surface area (Å²) in [6.07, 6.45) is 1.06. The molecule has 120 valence electrons. The van der Waals surface area contributed by atoms with Crippen molar-refractivity contribution in [2.75, 3.05) is 7.11 Å². The Balaban J connectivity index is 3.12. The average Bonchev–Trinajstić information content (AvgIpc) is 2.46. The summed E-state index contributed by atoms with van der Waals surface area (Å²) in [7, 11) is 1.25. The number of carbonyl (C=O) groups excluding carboxylic acids is 2. The second-order valence-corrected chi connectivity index (χ2v) is 6.11. The number of nitrogens with zero attached hydrogens (tertiary/aromatic N) is 1. The lowest BCUT2D eigenvalue weighted by Gasteiger charge is -2.27. The molecule has 1 atom stereocenters. The van der Waals surface area contributed by atoms with Gasteiger partial charge in [0.1, 0.15) is 5.54 Å². The molecule has 8 heteroatoms. The number of non-ortho nitro benzene ring substituents is 1. The van der Waals surface area contributed by atoms with Crippen LogP contribution in [0, 0.1) is 13.7 Å². The number of benzene rings is 1. The summed E-state index contributed by atoms with van der Waals surface area (Å²) >= 11 is 1.92. The highest BCUT2D eigenvalue weighted by Crippen LogP contribution is 2.21.